The summed E-state index contributed by atoms with van der Waals surface area (Å²) in [4.78, 5) is 15.1. The Morgan fingerprint density at radius 1 is 1.35 bits per heavy atom. The molecule has 1 aromatic heterocycles. The summed E-state index contributed by atoms with van der Waals surface area (Å²) in [6, 6.07) is 7.29. The van der Waals surface area contributed by atoms with Gasteiger partial charge in [-0.1, -0.05) is 29.3 Å². The molecule has 0 fully saturated rings. The highest BCUT2D eigenvalue weighted by molar-refractivity contribution is 9.10. The molecule has 1 heterocycles. The average molecular weight is 295 g/mol. The molecule has 3 nitrogen and oxygen atoms in total. The maximum Gasteiger partial charge on any atom is 0.191 e. The minimum atomic E-state index is 0.0408. The zero-order valence-electron chi connectivity index (χ0n) is 9.72. The lowest BCUT2D eigenvalue weighted by Crippen LogP contribution is -2.08. The SMILES string of the molecule is CCCCNc1cc(=O)c2cc(Br)ccc2[nH]1. The molecule has 2 aromatic rings. The van der Waals surface area contributed by atoms with Crippen LogP contribution in [-0.2, 0) is 0 Å². The lowest BCUT2D eigenvalue weighted by Gasteiger charge is -2.07. The number of halogens is 1. The first-order valence-corrected chi connectivity index (χ1v) is 6.56. The number of benzene rings is 1. The van der Waals surface area contributed by atoms with Crippen molar-refractivity contribution in [3.8, 4) is 0 Å². The summed E-state index contributed by atoms with van der Waals surface area (Å²) in [6.45, 7) is 3.02. The molecule has 0 aliphatic rings. The number of aromatic amines is 1. The number of hydrogen-bond donors (Lipinski definition) is 2. The van der Waals surface area contributed by atoms with E-state index in [1.54, 1.807) is 6.07 Å². The smallest absolute Gasteiger partial charge is 0.191 e. The molecule has 0 aliphatic carbocycles. The van der Waals surface area contributed by atoms with Crippen molar-refractivity contribution in [2.45, 2.75) is 19.8 Å². The Hall–Kier alpha value is -1.29. The van der Waals surface area contributed by atoms with Crippen molar-refractivity contribution < 1.29 is 0 Å². The molecule has 0 amide bonds. The highest BCUT2D eigenvalue weighted by Gasteiger charge is 2.02. The molecule has 0 spiro atoms. The molecule has 4 heteroatoms. The lowest BCUT2D eigenvalue weighted by molar-refractivity contribution is 0.831. The molecule has 90 valence electrons. The molecule has 0 saturated heterocycles. The summed E-state index contributed by atoms with van der Waals surface area (Å²) in [5, 5.41) is 3.93. The monoisotopic (exact) mass is 294 g/mol. The largest absolute Gasteiger partial charge is 0.372 e. The van der Waals surface area contributed by atoms with Crippen molar-refractivity contribution in [3.63, 3.8) is 0 Å². The van der Waals surface area contributed by atoms with Gasteiger partial charge < -0.3 is 10.3 Å². The second-order valence-electron chi connectivity index (χ2n) is 4.02. The van der Waals surface area contributed by atoms with Gasteiger partial charge in [-0.25, -0.2) is 0 Å². The van der Waals surface area contributed by atoms with E-state index in [9.17, 15) is 4.79 Å². The maximum absolute atomic E-state index is 11.9. The highest BCUT2D eigenvalue weighted by Crippen LogP contribution is 2.16. The first-order valence-electron chi connectivity index (χ1n) is 5.77. The Morgan fingerprint density at radius 2 is 2.18 bits per heavy atom. The zero-order valence-corrected chi connectivity index (χ0v) is 11.3. The van der Waals surface area contributed by atoms with Gasteiger partial charge in [0.15, 0.2) is 5.43 Å². The van der Waals surface area contributed by atoms with Crippen LogP contribution in [-0.4, -0.2) is 11.5 Å². The molecular formula is C13H15BrN2O. The van der Waals surface area contributed by atoms with Crippen molar-refractivity contribution in [1.29, 1.82) is 0 Å². The molecule has 0 unspecified atom stereocenters. The van der Waals surface area contributed by atoms with E-state index < -0.39 is 0 Å². The third-order valence-corrected chi connectivity index (χ3v) is 3.13. The molecule has 0 bridgehead atoms. The third-order valence-electron chi connectivity index (χ3n) is 2.64. The van der Waals surface area contributed by atoms with Gasteiger partial charge in [-0.15, -0.1) is 0 Å². The van der Waals surface area contributed by atoms with Crippen LogP contribution >= 0.6 is 15.9 Å². The van der Waals surface area contributed by atoms with Gasteiger partial charge in [-0.05, 0) is 24.6 Å². The molecular weight excluding hydrogens is 280 g/mol. The van der Waals surface area contributed by atoms with Crippen LogP contribution in [0, 0.1) is 0 Å². The number of hydrogen-bond acceptors (Lipinski definition) is 2. The Labute approximate surface area is 108 Å². The van der Waals surface area contributed by atoms with Gasteiger partial charge in [-0.2, -0.15) is 0 Å². The topological polar surface area (TPSA) is 44.9 Å². The van der Waals surface area contributed by atoms with E-state index in [-0.39, 0.29) is 5.43 Å². The van der Waals surface area contributed by atoms with Crippen LogP contribution in [0.4, 0.5) is 5.82 Å². The van der Waals surface area contributed by atoms with Gasteiger partial charge in [0.25, 0.3) is 0 Å². The van der Waals surface area contributed by atoms with Crippen molar-refractivity contribution in [2.75, 3.05) is 11.9 Å². The molecule has 2 N–H and O–H groups in total. The number of unbranched alkanes of at least 4 members (excludes halogenated alkanes) is 1. The van der Waals surface area contributed by atoms with E-state index in [1.165, 1.54) is 0 Å². The molecule has 0 atom stereocenters. The normalized spacial score (nSPS) is 10.7. The van der Waals surface area contributed by atoms with E-state index in [2.05, 4.69) is 33.2 Å². The van der Waals surface area contributed by atoms with E-state index in [0.717, 1.165) is 35.2 Å². The standard InChI is InChI=1S/C13H15BrN2O/c1-2-3-6-15-13-8-12(17)10-7-9(14)4-5-11(10)16-13/h4-5,7-8H,2-3,6H2,1H3,(H2,15,16,17). The highest BCUT2D eigenvalue weighted by atomic mass is 79.9. The summed E-state index contributed by atoms with van der Waals surface area (Å²) in [6.07, 6.45) is 2.23. The Bertz CT molecular complexity index is 577. The Balaban J connectivity index is 2.35. The number of rotatable bonds is 4. The zero-order chi connectivity index (χ0) is 12.3. The van der Waals surface area contributed by atoms with Gasteiger partial charge in [0.2, 0.25) is 0 Å². The van der Waals surface area contributed by atoms with E-state index in [4.69, 9.17) is 0 Å². The number of pyridine rings is 1. The second-order valence-corrected chi connectivity index (χ2v) is 4.93. The predicted octanol–water partition coefficient (Wildman–Crippen LogP) is 3.50. The fraction of sp³-hybridized carbons (Fsp3) is 0.308. The van der Waals surface area contributed by atoms with Crippen LogP contribution in [0.2, 0.25) is 0 Å². The predicted molar refractivity (Wildman–Crippen MR) is 75.7 cm³/mol. The van der Waals surface area contributed by atoms with Crippen molar-refractivity contribution in [2.24, 2.45) is 0 Å². The summed E-state index contributed by atoms with van der Waals surface area (Å²) in [5.41, 5.74) is 0.902. The fourth-order valence-corrected chi connectivity index (χ4v) is 2.08. The molecule has 0 radical (unpaired) electrons. The molecule has 0 saturated carbocycles. The van der Waals surface area contributed by atoms with Gasteiger partial charge >= 0.3 is 0 Å². The number of aromatic nitrogens is 1. The van der Waals surface area contributed by atoms with Gasteiger partial charge in [0, 0.05) is 22.5 Å². The minimum Gasteiger partial charge on any atom is -0.372 e. The number of nitrogens with one attached hydrogen (secondary N) is 2. The number of fused-ring (bicyclic) bond motifs is 1. The van der Waals surface area contributed by atoms with Gasteiger partial charge in [0.05, 0.1) is 5.52 Å². The van der Waals surface area contributed by atoms with Gasteiger partial charge in [0.1, 0.15) is 5.82 Å². The summed E-state index contributed by atoms with van der Waals surface area (Å²) >= 11 is 3.37. The van der Waals surface area contributed by atoms with Crippen molar-refractivity contribution in [1.82, 2.24) is 4.98 Å². The van der Waals surface area contributed by atoms with Crippen LogP contribution in [0.5, 0.6) is 0 Å². The Kier molecular flexibility index (Phi) is 3.84. The van der Waals surface area contributed by atoms with Crippen LogP contribution in [0.25, 0.3) is 10.9 Å². The van der Waals surface area contributed by atoms with Crippen molar-refractivity contribution >= 4 is 32.7 Å². The molecule has 1 aromatic carbocycles. The quantitative estimate of drug-likeness (QED) is 0.848. The van der Waals surface area contributed by atoms with E-state index in [0.29, 0.717) is 5.39 Å². The summed E-state index contributed by atoms with van der Waals surface area (Å²) < 4.78 is 0.919. The number of anilines is 1. The van der Waals surface area contributed by atoms with Crippen LogP contribution in [0.15, 0.2) is 33.5 Å². The molecule has 0 aliphatic heterocycles. The third kappa shape index (κ3) is 2.88. The maximum atomic E-state index is 11.9. The van der Waals surface area contributed by atoms with E-state index >= 15 is 0 Å². The average Bonchev–Trinajstić information content (AvgIpc) is 2.31. The summed E-state index contributed by atoms with van der Waals surface area (Å²) in [7, 11) is 0. The van der Waals surface area contributed by atoms with Gasteiger partial charge in [-0.3, -0.25) is 4.79 Å². The lowest BCUT2D eigenvalue weighted by atomic mass is 10.2. The summed E-state index contributed by atoms with van der Waals surface area (Å²) in [5.74, 6) is 0.790. The fourth-order valence-electron chi connectivity index (χ4n) is 1.71. The Morgan fingerprint density at radius 3 is 2.94 bits per heavy atom. The van der Waals surface area contributed by atoms with E-state index in [1.807, 2.05) is 18.2 Å². The second kappa shape index (κ2) is 5.36. The molecule has 17 heavy (non-hydrogen) atoms. The van der Waals surface area contributed by atoms with Crippen LogP contribution in [0.3, 0.4) is 0 Å². The first-order chi connectivity index (χ1) is 8.20. The number of H-pyrrole nitrogens is 1. The van der Waals surface area contributed by atoms with Crippen LogP contribution < -0.4 is 10.7 Å². The molecule has 2 rings (SSSR count). The van der Waals surface area contributed by atoms with Crippen LogP contribution in [0.1, 0.15) is 19.8 Å². The first kappa shape index (κ1) is 12.2. The minimum absolute atomic E-state index is 0.0408. The van der Waals surface area contributed by atoms with Crippen molar-refractivity contribution in [3.05, 3.63) is 39.0 Å².